The number of amides is 1. The number of hydrogen-bond acceptors (Lipinski definition) is 4. The summed E-state index contributed by atoms with van der Waals surface area (Å²) >= 11 is 1.88. The molecule has 0 bridgehead atoms. The Bertz CT molecular complexity index is 254. The van der Waals surface area contributed by atoms with Crippen LogP contribution in [0.15, 0.2) is 0 Å². The van der Waals surface area contributed by atoms with Gasteiger partial charge in [0.1, 0.15) is 6.04 Å². The highest BCUT2D eigenvalue weighted by Crippen LogP contribution is 2.16. The summed E-state index contributed by atoms with van der Waals surface area (Å²) in [4.78, 5) is 21.7. The summed E-state index contributed by atoms with van der Waals surface area (Å²) in [5.41, 5.74) is 0. The maximum Gasteiger partial charge on any atom is 0.327 e. The van der Waals surface area contributed by atoms with Crippen LogP contribution in [0.1, 0.15) is 19.8 Å². The molecule has 0 saturated carbocycles. The van der Waals surface area contributed by atoms with Crippen molar-refractivity contribution in [3.63, 3.8) is 0 Å². The summed E-state index contributed by atoms with van der Waals surface area (Å²) in [5.74, 6) is 0.900. The zero-order valence-corrected chi connectivity index (χ0v) is 10.2. The second-order valence-electron chi connectivity index (χ2n) is 3.91. The monoisotopic (exact) mass is 246 g/mol. The average Bonchev–Trinajstić information content (AvgIpc) is 2.25. The number of carboxylic acid groups (broad SMARTS) is 1. The van der Waals surface area contributed by atoms with Crippen LogP contribution in [0, 0.1) is 0 Å². The fourth-order valence-corrected chi connectivity index (χ4v) is 2.74. The van der Waals surface area contributed by atoms with Gasteiger partial charge in [-0.3, -0.25) is 4.79 Å². The molecule has 0 radical (unpaired) electrons. The third-order valence-electron chi connectivity index (χ3n) is 2.45. The SMILES string of the molecule is CC(=O)NC(CNC1CCCSC1)C(=O)O. The van der Waals surface area contributed by atoms with Gasteiger partial charge in [0.15, 0.2) is 0 Å². The van der Waals surface area contributed by atoms with E-state index in [4.69, 9.17) is 5.11 Å². The second-order valence-corrected chi connectivity index (χ2v) is 5.06. The Labute approximate surface area is 99.4 Å². The number of hydrogen-bond donors (Lipinski definition) is 3. The molecule has 1 heterocycles. The second kappa shape index (κ2) is 6.75. The standard InChI is InChI=1S/C10H18N2O3S/c1-7(13)12-9(10(14)15)5-11-8-3-2-4-16-6-8/h8-9,11H,2-6H2,1H3,(H,12,13)(H,14,15). The van der Waals surface area contributed by atoms with Crippen LogP contribution < -0.4 is 10.6 Å². The molecule has 1 aliphatic rings. The number of rotatable bonds is 5. The first-order valence-electron chi connectivity index (χ1n) is 5.40. The normalized spacial score (nSPS) is 22.4. The fraction of sp³-hybridized carbons (Fsp3) is 0.800. The van der Waals surface area contributed by atoms with Crippen molar-refractivity contribution < 1.29 is 14.7 Å². The van der Waals surface area contributed by atoms with E-state index >= 15 is 0 Å². The van der Waals surface area contributed by atoms with Crippen molar-refractivity contribution in [2.45, 2.75) is 31.8 Å². The summed E-state index contributed by atoms with van der Waals surface area (Å²) < 4.78 is 0. The van der Waals surface area contributed by atoms with Crippen molar-refractivity contribution in [3.05, 3.63) is 0 Å². The fourth-order valence-electron chi connectivity index (χ4n) is 1.63. The van der Waals surface area contributed by atoms with Gasteiger partial charge in [0.05, 0.1) is 0 Å². The van der Waals surface area contributed by atoms with Gasteiger partial charge in [-0.15, -0.1) is 0 Å². The molecule has 16 heavy (non-hydrogen) atoms. The van der Waals surface area contributed by atoms with Crippen LogP contribution in [0.5, 0.6) is 0 Å². The molecular weight excluding hydrogens is 228 g/mol. The molecular formula is C10H18N2O3S. The summed E-state index contributed by atoms with van der Waals surface area (Å²) in [6, 6.07) is -0.459. The number of thioether (sulfide) groups is 1. The molecule has 2 atom stereocenters. The van der Waals surface area contributed by atoms with Gasteiger partial charge in [0.25, 0.3) is 0 Å². The first-order chi connectivity index (χ1) is 7.59. The zero-order chi connectivity index (χ0) is 12.0. The van der Waals surface area contributed by atoms with E-state index in [0.29, 0.717) is 12.6 Å². The average molecular weight is 246 g/mol. The minimum atomic E-state index is -0.994. The van der Waals surface area contributed by atoms with Crippen LogP contribution in [0.2, 0.25) is 0 Å². The Morgan fingerprint density at radius 2 is 2.31 bits per heavy atom. The van der Waals surface area contributed by atoms with Crippen molar-refractivity contribution in [3.8, 4) is 0 Å². The quantitative estimate of drug-likeness (QED) is 0.639. The van der Waals surface area contributed by atoms with E-state index in [1.54, 1.807) is 0 Å². The number of aliphatic carboxylic acids is 1. The molecule has 1 aliphatic heterocycles. The van der Waals surface area contributed by atoms with Gasteiger partial charge in [-0.2, -0.15) is 11.8 Å². The third-order valence-corrected chi connectivity index (χ3v) is 3.66. The first kappa shape index (κ1) is 13.3. The summed E-state index contributed by atoms with van der Waals surface area (Å²) in [7, 11) is 0. The van der Waals surface area contributed by atoms with Crippen LogP contribution in [-0.4, -0.2) is 47.1 Å². The van der Waals surface area contributed by atoms with E-state index in [-0.39, 0.29) is 5.91 Å². The minimum absolute atomic E-state index is 0.292. The Morgan fingerprint density at radius 1 is 1.56 bits per heavy atom. The molecule has 92 valence electrons. The third kappa shape index (κ3) is 4.85. The van der Waals surface area contributed by atoms with Crippen molar-refractivity contribution in [1.82, 2.24) is 10.6 Å². The zero-order valence-electron chi connectivity index (χ0n) is 9.36. The van der Waals surface area contributed by atoms with E-state index in [0.717, 1.165) is 12.2 Å². The smallest absolute Gasteiger partial charge is 0.327 e. The Morgan fingerprint density at radius 3 is 2.81 bits per heavy atom. The lowest BCUT2D eigenvalue weighted by Crippen LogP contribution is -2.49. The van der Waals surface area contributed by atoms with Crippen LogP contribution in [0.25, 0.3) is 0 Å². The number of carbonyl (C=O) groups is 2. The Balaban J connectivity index is 2.30. The highest BCUT2D eigenvalue weighted by Gasteiger charge is 2.20. The lowest BCUT2D eigenvalue weighted by molar-refractivity contribution is -0.141. The van der Waals surface area contributed by atoms with Crippen LogP contribution in [0.4, 0.5) is 0 Å². The van der Waals surface area contributed by atoms with Crippen molar-refractivity contribution in [2.24, 2.45) is 0 Å². The summed E-state index contributed by atoms with van der Waals surface area (Å²) in [6.07, 6.45) is 2.25. The minimum Gasteiger partial charge on any atom is -0.480 e. The molecule has 5 nitrogen and oxygen atoms in total. The van der Waals surface area contributed by atoms with Crippen molar-refractivity contribution >= 4 is 23.6 Å². The lowest BCUT2D eigenvalue weighted by atomic mass is 10.1. The highest BCUT2D eigenvalue weighted by molar-refractivity contribution is 7.99. The maximum atomic E-state index is 10.8. The molecule has 1 saturated heterocycles. The molecule has 6 heteroatoms. The van der Waals surface area contributed by atoms with Gasteiger partial charge in [0, 0.05) is 25.3 Å². The van der Waals surface area contributed by atoms with Gasteiger partial charge < -0.3 is 15.7 Å². The Kier molecular flexibility index (Phi) is 5.62. The topological polar surface area (TPSA) is 78.4 Å². The number of nitrogens with one attached hydrogen (secondary N) is 2. The molecule has 0 aromatic heterocycles. The molecule has 0 aliphatic carbocycles. The first-order valence-corrected chi connectivity index (χ1v) is 6.56. The van der Waals surface area contributed by atoms with Crippen LogP contribution in [-0.2, 0) is 9.59 Å². The van der Waals surface area contributed by atoms with E-state index in [1.165, 1.54) is 19.1 Å². The molecule has 2 unspecified atom stereocenters. The predicted molar refractivity (Wildman–Crippen MR) is 63.6 cm³/mol. The maximum absolute atomic E-state index is 10.8. The molecule has 1 rings (SSSR count). The number of carboxylic acids is 1. The van der Waals surface area contributed by atoms with Crippen molar-refractivity contribution in [2.75, 3.05) is 18.1 Å². The summed E-state index contributed by atoms with van der Waals surface area (Å²) in [5, 5.41) is 14.5. The van der Waals surface area contributed by atoms with Gasteiger partial charge in [-0.05, 0) is 18.6 Å². The largest absolute Gasteiger partial charge is 0.480 e. The van der Waals surface area contributed by atoms with E-state index < -0.39 is 12.0 Å². The van der Waals surface area contributed by atoms with Gasteiger partial charge >= 0.3 is 5.97 Å². The number of carbonyl (C=O) groups excluding carboxylic acids is 1. The van der Waals surface area contributed by atoms with Crippen molar-refractivity contribution in [1.29, 1.82) is 0 Å². The Hall–Kier alpha value is -0.750. The molecule has 1 fully saturated rings. The van der Waals surface area contributed by atoms with Gasteiger partial charge in [0.2, 0.25) is 5.91 Å². The van der Waals surface area contributed by atoms with E-state index in [2.05, 4.69) is 10.6 Å². The molecule has 0 spiro atoms. The van der Waals surface area contributed by atoms with Gasteiger partial charge in [-0.25, -0.2) is 4.79 Å². The van der Waals surface area contributed by atoms with E-state index in [1.807, 2.05) is 11.8 Å². The lowest BCUT2D eigenvalue weighted by Gasteiger charge is -2.24. The summed E-state index contributed by atoms with van der Waals surface area (Å²) in [6.45, 7) is 1.62. The molecule has 0 aromatic rings. The van der Waals surface area contributed by atoms with Crippen LogP contribution >= 0.6 is 11.8 Å². The molecule has 3 N–H and O–H groups in total. The van der Waals surface area contributed by atoms with Crippen LogP contribution in [0.3, 0.4) is 0 Å². The predicted octanol–water partition coefficient (Wildman–Crippen LogP) is 0.0609. The highest BCUT2D eigenvalue weighted by atomic mass is 32.2. The molecule has 1 amide bonds. The van der Waals surface area contributed by atoms with Gasteiger partial charge in [-0.1, -0.05) is 0 Å². The van der Waals surface area contributed by atoms with E-state index in [9.17, 15) is 9.59 Å². The molecule has 0 aromatic carbocycles.